The first-order valence-electron chi connectivity index (χ1n) is 9.89. The molecule has 3 heteroatoms. The summed E-state index contributed by atoms with van der Waals surface area (Å²) in [7, 11) is 0. The lowest BCUT2D eigenvalue weighted by Gasteiger charge is -2.57. The SMILES string of the molecule is CC(=O)OC1CC[C@@]2(C)C(=CC[C@@H]3[C@H]2CC[C@]2(C)C(O)CC[C@@H]32)C1. The van der Waals surface area contributed by atoms with Crippen molar-refractivity contribution >= 4 is 5.97 Å². The van der Waals surface area contributed by atoms with E-state index in [1.54, 1.807) is 5.57 Å². The van der Waals surface area contributed by atoms with Gasteiger partial charge in [-0.1, -0.05) is 25.5 Å². The van der Waals surface area contributed by atoms with Gasteiger partial charge in [0.15, 0.2) is 0 Å². The number of carbonyl (C=O) groups excluding carboxylic acids is 1. The van der Waals surface area contributed by atoms with Crippen LogP contribution >= 0.6 is 0 Å². The largest absolute Gasteiger partial charge is 0.462 e. The van der Waals surface area contributed by atoms with Crippen LogP contribution in [-0.4, -0.2) is 23.3 Å². The molecule has 4 rings (SSSR count). The topological polar surface area (TPSA) is 46.5 Å². The Morgan fingerprint density at radius 2 is 1.96 bits per heavy atom. The summed E-state index contributed by atoms with van der Waals surface area (Å²) in [5.41, 5.74) is 1.98. The van der Waals surface area contributed by atoms with Crippen molar-refractivity contribution in [1.82, 2.24) is 0 Å². The van der Waals surface area contributed by atoms with Gasteiger partial charge in [0.2, 0.25) is 0 Å². The third-order valence-electron chi connectivity index (χ3n) is 8.34. The van der Waals surface area contributed by atoms with Gasteiger partial charge in [-0.2, -0.15) is 0 Å². The van der Waals surface area contributed by atoms with Gasteiger partial charge in [-0.15, -0.1) is 0 Å². The number of hydrogen-bond acceptors (Lipinski definition) is 3. The fraction of sp³-hybridized carbons (Fsp3) is 0.857. The molecule has 4 aliphatic rings. The Bertz CT molecular complexity index is 567. The maximum absolute atomic E-state index is 11.3. The van der Waals surface area contributed by atoms with Crippen molar-refractivity contribution in [2.75, 3.05) is 0 Å². The molecule has 1 N–H and O–H groups in total. The highest BCUT2D eigenvalue weighted by molar-refractivity contribution is 5.66. The highest BCUT2D eigenvalue weighted by Gasteiger charge is 2.58. The molecule has 3 fully saturated rings. The molecule has 0 radical (unpaired) electrons. The smallest absolute Gasteiger partial charge is 0.302 e. The van der Waals surface area contributed by atoms with Gasteiger partial charge in [0.25, 0.3) is 0 Å². The maximum atomic E-state index is 11.3. The fourth-order valence-corrected chi connectivity index (χ4v) is 6.94. The van der Waals surface area contributed by atoms with Gasteiger partial charge in [-0.25, -0.2) is 0 Å². The summed E-state index contributed by atoms with van der Waals surface area (Å²) in [5, 5.41) is 10.5. The molecule has 0 heterocycles. The minimum atomic E-state index is -0.147. The summed E-state index contributed by atoms with van der Waals surface area (Å²) >= 11 is 0. The molecular weight excluding hydrogens is 300 g/mol. The molecule has 3 nitrogen and oxygen atoms in total. The van der Waals surface area contributed by atoms with Crippen LogP contribution in [0.4, 0.5) is 0 Å². The van der Waals surface area contributed by atoms with Gasteiger partial charge in [-0.3, -0.25) is 4.79 Å². The van der Waals surface area contributed by atoms with Gasteiger partial charge < -0.3 is 9.84 Å². The van der Waals surface area contributed by atoms with Crippen molar-refractivity contribution in [2.45, 2.75) is 84.3 Å². The van der Waals surface area contributed by atoms with E-state index in [4.69, 9.17) is 4.74 Å². The van der Waals surface area contributed by atoms with Crippen molar-refractivity contribution in [1.29, 1.82) is 0 Å². The molecule has 3 saturated carbocycles. The zero-order valence-electron chi connectivity index (χ0n) is 15.4. The third kappa shape index (κ3) is 2.30. The van der Waals surface area contributed by atoms with Crippen molar-refractivity contribution in [3.05, 3.63) is 11.6 Å². The third-order valence-corrected chi connectivity index (χ3v) is 8.34. The molecule has 134 valence electrons. The number of hydrogen-bond donors (Lipinski definition) is 1. The lowest BCUT2D eigenvalue weighted by molar-refractivity contribution is -0.148. The van der Waals surface area contributed by atoms with Crippen LogP contribution in [-0.2, 0) is 9.53 Å². The molecular formula is C21H32O3. The van der Waals surface area contributed by atoms with E-state index in [0.29, 0.717) is 5.92 Å². The molecule has 4 aliphatic carbocycles. The summed E-state index contributed by atoms with van der Waals surface area (Å²) in [4.78, 5) is 11.3. The normalized spacial score (nSPS) is 50.3. The molecule has 0 aromatic heterocycles. The quantitative estimate of drug-likeness (QED) is 0.577. The molecule has 7 atom stereocenters. The number of esters is 1. The molecule has 0 amide bonds. The van der Waals surface area contributed by atoms with Gasteiger partial charge >= 0.3 is 5.97 Å². The lowest BCUT2D eigenvalue weighted by atomic mass is 9.48. The molecule has 2 unspecified atom stereocenters. The highest BCUT2D eigenvalue weighted by atomic mass is 16.5. The fourth-order valence-electron chi connectivity index (χ4n) is 6.94. The number of aliphatic hydroxyl groups excluding tert-OH is 1. The molecule has 0 aromatic carbocycles. The first kappa shape index (κ1) is 16.6. The van der Waals surface area contributed by atoms with Crippen molar-refractivity contribution < 1.29 is 14.6 Å². The molecule has 0 saturated heterocycles. The maximum Gasteiger partial charge on any atom is 0.302 e. The Hall–Kier alpha value is -0.830. The minimum absolute atomic E-state index is 0.0838. The van der Waals surface area contributed by atoms with Gasteiger partial charge in [0.05, 0.1) is 6.10 Å². The second-order valence-electron chi connectivity index (χ2n) is 9.37. The van der Waals surface area contributed by atoms with E-state index in [1.165, 1.54) is 26.2 Å². The van der Waals surface area contributed by atoms with Gasteiger partial charge in [-0.05, 0) is 73.5 Å². The van der Waals surface area contributed by atoms with Crippen LogP contribution in [0.2, 0.25) is 0 Å². The molecule has 0 aliphatic heterocycles. The highest BCUT2D eigenvalue weighted by Crippen LogP contribution is 2.64. The Morgan fingerprint density at radius 3 is 2.71 bits per heavy atom. The zero-order valence-corrected chi connectivity index (χ0v) is 15.4. The van der Waals surface area contributed by atoms with Gasteiger partial charge in [0, 0.05) is 13.3 Å². The van der Waals surface area contributed by atoms with Gasteiger partial charge in [0.1, 0.15) is 6.10 Å². The average Bonchev–Trinajstić information content (AvgIpc) is 2.83. The summed E-state index contributed by atoms with van der Waals surface area (Å²) in [6.45, 7) is 6.32. The second kappa shape index (κ2) is 5.59. The van der Waals surface area contributed by atoms with Crippen LogP contribution in [0, 0.1) is 28.6 Å². The van der Waals surface area contributed by atoms with E-state index in [9.17, 15) is 9.90 Å². The van der Waals surface area contributed by atoms with Crippen LogP contribution in [0.1, 0.15) is 72.1 Å². The summed E-state index contributed by atoms with van der Waals surface area (Å²) in [6.07, 6.45) is 11.3. The van der Waals surface area contributed by atoms with E-state index in [-0.39, 0.29) is 29.0 Å². The van der Waals surface area contributed by atoms with Crippen molar-refractivity contribution in [2.24, 2.45) is 28.6 Å². The monoisotopic (exact) mass is 332 g/mol. The molecule has 0 bridgehead atoms. The Morgan fingerprint density at radius 1 is 1.17 bits per heavy atom. The number of carbonyl (C=O) groups is 1. The number of aliphatic hydroxyl groups is 1. The number of fused-ring (bicyclic) bond motifs is 5. The number of rotatable bonds is 1. The van der Waals surface area contributed by atoms with Crippen LogP contribution in [0.3, 0.4) is 0 Å². The molecule has 0 spiro atoms. The first-order chi connectivity index (χ1) is 11.3. The summed E-state index contributed by atoms with van der Waals surface area (Å²) in [6, 6.07) is 0. The summed E-state index contributed by atoms with van der Waals surface area (Å²) < 4.78 is 5.51. The standard InChI is InChI=1S/C21H32O3/c1-13(22)24-15-8-10-20(2)14(12-15)4-5-16-17-6-7-19(23)21(17,3)11-9-18(16)20/h4,15-19,23H,5-12H2,1-3H3/t15?,16-,17-,18+,19?,20-,21-/m0/s1. The molecule has 0 aromatic rings. The van der Waals surface area contributed by atoms with Crippen LogP contribution in [0.5, 0.6) is 0 Å². The predicted molar refractivity (Wildman–Crippen MR) is 93.3 cm³/mol. The van der Waals surface area contributed by atoms with E-state index < -0.39 is 0 Å². The van der Waals surface area contributed by atoms with Crippen LogP contribution < -0.4 is 0 Å². The lowest BCUT2D eigenvalue weighted by Crippen LogP contribution is -2.51. The Balaban J connectivity index is 1.59. The zero-order chi connectivity index (χ0) is 17.1. The van der Waals surface area contributed by atoms with Crippen molar-refractivity contribution in [3.63, 3.8) is 0 Å². The minimum Gasteiger partial charge on any atom is -0.462 e. The van der Waals surface area contributed by atoms with E-state index in [0.717, 1.165) is 43.9 Å². The summed E-state index contributed by atoms with van der Waals surface area (Å²) in [5.74, 6) is 2.03. The number of ether oxygens (including phenoxy) is 1. The van der Waals surface area contributed by atoms with Crippen LogP contribution in [0.15, 0.2) is 11.6 Å². The van der Waals surface area contributed by atoms with Crippen LogP contribution in [0.25, 0.3) is 0 Å². The van der Waals surface area contributed by atoms with E-state index in [1.807, 2.05) is 0 Å². The number of allylic oxidation sites excluding steroid dienone is 1. The van der Waals surface area contributed by atoms with E-state index in [2.05, 4.69) is 19.9 Å². The van der Waals surface area contributed by atoms with Crippen molar-refractivity contribution in [3.8, 4) is 0 Å². The van der Waals surface area contributed by atoms with E-state index >= 15 is 0 Å². The second-order valence-corrected chi connectivity index (χ2v) is 9.37. The Labute approximate surface area is 145 Å². The molecule has 24 heavy (non-hydrogen) atoms. The predicted octanol–water partition coefficient (Wildman–Crippen LogP) is 4.24. The first-order valence-corrected chi connectivity index (χ1v) is 9.89. The Kier molecular flexibility index (Phi) is 3.87. The average molecular weight is 332 g/mol.